The summed E-state index contributed by atoms with van der Waals surface area (Å²) in [6, 6.07) is 6.91. The number of aryl methyl sites for hydroxylation is 2. The lowest BCUT2D eigenvalue weighted by molar-refractivity contribution is -0.386. The third-order valence-electron chi connectivity index (χ3n) is 4.65. The lowest BCUT2D eigenvalue weighted by atomic mass is 10.0. The van der Waals surface area contributed by atoms with Gasteiger partial charge in [-0.15, -0.1) is 0 Å². The van der Waals surface area contributed by atoms with Crippen LogP contribution in [0.1, 0.15) is 0 Å². The van der Waals surface area contributed by atoms with E-state index in [-0.39, 0.29) is 17.3 Å². The Balaban J connectivity index is 2.00. The highest BCUT2D eigenvalue weighted by atomic mass is 16.6. The molecule has 9 heteroatoms. The molecule has 136 valence electrons. The van der Waals surface area contributed by atoms with Crippen LogP contribution < -0.4 is 10.4 Å². The molecular formula is C18H15N5O4. The summed E-state index contributed by atoms with van der Waals surface area (Å²) in [5.74, 6) is -0.0425. The van der Waals surface area contributed by atoms with Gasteiger partial charge < -0.3 is 4.74 Å². The Morgan fingerprint density at radius 2 is 1.85 bits per heavy atom. The van der Waals surface area contributed by atoms with Crippen LogP contribution in [0, 0.1) is 10.1 Å². The highest BCUT2D eigenvalue weighted by Gasteiger charge is 2.18. The maximum Gasteiger partial charge on any atom is 0.331 e. The van der Waals surface area contributed by atoms with Gasteiger partial charge in [0.1, 0.15) is 0 Å². The number of imidazole rings is 1. The molecular weight excluding hydrogens is 350 g/mol. The molecule has 9 nitrogen and oxygen atoms in total. The molecule has 0 saturated carbocycles. The number of fused-ring (bicyclic) bond motifs is 3. The van der Waals surface area contributed by atoms with Crippen LogP contribution in [0.5, 0.6) is 5.88 Å². The predicted octanol–water partition coefficient (Wildman–Crippen LogP) is 2.40. The summed E-state index contributed by atoms with van der Waals surface area (Å²) in [6.07, 6.45) is 3.18. The van der Waals surface area contributed by atoms with E-state index in [0.717, 1.165) is 22.0 Å². The Morgan fingerprint density at radius 3 is 2.56 bits per heavy atom. The Kier molecular flexibility index (Phi) is 3.65. The van der Waals surface area contributed by atoms with Crippen LogP contribution in [0.3, 0.4) is 0 Å². The van der Waals surface area contributed by atoms with Crippen LogP contribution in [0.4, 0.5) is 5.69 Å². The number of nitrogens with zero attached hydrogens (tertiary/aromatic N) is 5. The van der Waals surface area contributed by atoms with E-state index < -0.39 is 4.92 Å². The van der Waals surface area contributed by atoms with Gasteiger partial charge in [0, 0.05) is 37.3 Å². The largest absolute Gasteiger partial charge is 0.476 e. The van der Waals surface area contributed by atoms with E-state index in [9.17, 15) is 14.9 Å². The number of ether oxygens (including phenoxy) is 1. The Labute approximate surface area is 152 Å². The van der Waals surface area contributed by atoms with Gasteiger partial charge in [-0.25, -0.2) is 9.78 Å². The monoisotopic (exact) mass is 365 g/mol. The van der Waals surface area contributed by atoms with Crippen LogP contribution in [-0.4, -0.2) is 31.1 Å². The molecule has 4 aromatic rings. The molecule has 0 aliphatic carbocycles. The van der Waals surface area contributed by atoms with Gasteiger partial charge in [0.15, 0.2) is 0 Å². The molecule has 0 amide bonds. The highest BCUT2D eigenvalue weighted by molar-refractivity contribution is 6.03. The van der Waals surface area contributed by atoms with Crippen LogP contribution in [-0.2, 0) is 14.1 Å². The second-order valence-electron chi connectivity index (χ2n) is 6.13. The molecule has 0 aliphatic heterocycles. The second-order valence-corrected chi connectivity index (χ2v) is 6.13. The van der Waals surface area contributed by atoms with Crippen LogP contribution >= 0.6 is 0 Å². The number of pyridine rings is 2. The Bertz CT molecular complexity index is 1290. The minimum atomic E-state index is -0.531. The Morgan fingerprint density at radius 1 is 1.07 bits per heavy atom. The summed E-state index contributed by atoms with van der Waals surface area (Å²) in [4.78, 5) is 31.5. The molecule has 0 saturated heterocycles. The highest BCUT2D eigenvalue weighted by Crippen LogP contribution is 2.32. The fraction of sp³-hybridized carbons (Fsp3) is 0.167. The van der Waals surface area contributed by atoms with E-state index in [1.807, 2.05) is 18.2 Å². The zero-order valence-electron chi connectivity index (χ0n) is 14.8. The predicted molar refractivity (Wildman–Crippen MR) is 99.9 cm³/mol. The fourth-order valence-electron chi connectivity index (χ4n) is 3.26. The van der Waals surface area contributed by atoms with Crippen molar-refractivity contribution < 1.29 is 9.66 Å². The number of nitro groups is 1. The maximum atomic E-state index is 12.3. The molecule has 0 unspecified atom stereocenters. The molecule has 0 spiro atoms. The lowest BCUT2D eigenvalue weighted by Gasteiger charge is -2.07. The normalized spacial score (nSPS) is 11.2. The summed E-state index contributed by atoms with van der Waals surface area (Å²) in [5, 5.41) is 12.1. The maximum absolute atomic E-state index is 12.3. The number of aromatic nitrogens is 4. The van der Waals surface area contributed by atoms with E-state index in [1.54, 1.807) is 24.9 Å². The minimum absolute atomic E-state index is 0.0425. The van der Waals surface area contributed by atoms with Crippen molar-refractivity contribution in [1.29, 1.82) is 0 Å². The number of hydrogen-bond donors (Lipinski definition) is 0. The van der Waals surface area contributed by atoms with Gasteiger partial charge in [-0.1, -0.05) is 6.07 Å². The van der Waals surface area contributed by atoms with Crippen molar-refractivity contribution in [1.82, 2.24) is 19.1 Å². The van der Waals surface area contributed by atoms with E-state index >= 15 is 0 Å². The first-order valence-electron chi connectivity index (χ1n) is 8.05. The second kappa shape index (κ2) is 5.90. The Hall–Kier alpha value is -3.75. The van der Waals surface area contributed by atoms with Gasteiger partial charge in [-0.3, -0.25) is 24.2 Å². The van der Waals surface area contributed by atoms with E-state index in [2.05, 4.69) is 9.97 Å². The summed E-state index contributed by atoms with van der Waals surface area (Å²) < 4.78 is 8.06. The van der Waals surface area contributed by atoms with Crippen molar-refractivity contribution in [2.75, 3.05) is 7.11 Å². The van der Waals surface area contributed by atoms with E-state index in [4.69, 9.17) is 4.74 Å². The van der Waals surface area contributed by atoms with E-state index in [1.165, 1.54) is 23.9 Å². The molecule has 3 aromatic heterocycles. The zero-order valence-corrected chi connectivity index (χ0v) is 14.8. The molecule has 0 aliphatic rings. The topological polar surface area (TPSA) is 105 Å². The summed E-state index contributed by atoms with van der Waals surface area (Å²) in [7, 11) is 4.73. The van der Waals surface area contributed by atoms with Gasteiger partial charge in [0.25, 0.3) is 5.88 Å². The first-order chi connectivity index (χ1) is 12.9. The molecule has 0 N–H and O–H groups in total. The summed E-state index contributed by atoms with van der Waals surface area (Å²) >= 11 is 0. The molecule has 0 atom stereocenters. The number of rotatable bonds is 3. The van der Waals surface area contributed by atoms with Crippen molar-refractivity contribution in [3.05, 3.63) is 57.3 Å². The van der Waals surface area contributed by atoms with Crippen LogP contribution in [0.15, 0.2) is 41.5 Å². The third kappa shape index (κ3) is 2.43. The van der Waals surface area contributed by atoms with Crippen molar-refractivity contribution in [3.8, 4) is 17.0 Å². The van der Waals surface area contributed by atoms with Crippen molar-refractivity contribution in [3.63, 3.8) is 0 Å². The lowest BCUT2D eigenvalue weighted by Crippen LogP contribution is -2.19. The van der Waals surface area contributed by atoms with E-state index in [0.29, 0.717) is 11.1 Å². The molecule has 0 bridgehead atoms. The number of hydrogen-bond acceptors (Lipinski definition) is 6. The smallest absolute Gasteiger partial charge is 0.331 e. The number of methoxy groups -OCH3 is 1. The molecule has 0 radical (unpaired) electrons. The van der Waals surface area contributed by atoms with Gasteiger partial charge in [0.2, 0.25) is 0 Å². The molecule has 27 heavy (non-hydrogen) atoms. The van der Waals surface area contributed by atoms with Gasteiger partial charge >= 0.3 is 11.4 Å². The van der Waals surface area contributed by atoms with Crippen molar-refractivity contribution in [2.45, 2.75) is 0 Å². The summed E-state index contributed by atoms with van der Waals surface area (Å²) in [5.41, 5.74) is 3.14. The van der Waals surface area contributed by atoms with Crippen LogP contribution in [0.2, 0.25) is 0 Å². The quantitative estimate of drug-likeness (QED) is 0.408. The van der Waals surface area contributed by atoms with Gasteiger partial charge in [-0.2, -0.15) is 0 Å². The average Bonchev–Trinajstić information content (AvgIpc) is 2.91. The standard InChI is InChI=1S/C18H15N5O4/c1-21-15-9-19-13-5-4-10(6-12(13)16(15)22(2)18(21)24)11-7-14(23(25)26)17(27-3)20-8-11/h4-9H,1-3H3. The molecule has 1 aromatic carbocycles. The van der Waals surface area contributed by atoms with Gasteiger partial charge in [0.05, 0.1) is 34.8 Å². The minimum Gasteiger partial charge on any atom is -0.476 e. The van der Waals surface area contributed by atoms with Crippen LogP contribution in [0.25, 0.3) is 33.1 Å². The first kappa shape index (κ1) is 16.7. The zero-order chi connectivity index (χ0) is 19.3. The fourth-order valence-corrected chi connectivity index (χ4v) is 3.26. The molecule has 3 heterocycles. The first-order valence-corrected chi connectivity index (χ1v) is 8.05. The molecule has 4 rings (SSSR count). The number of benzene rings is 1. The van der Waals surface area contributed by atoms with Crippen molar-refractivity contribution in [2.24, 2.45) is 14.1 Å². The van der Waals surface area contributed by atoms with Gasteiger partial charge in [-0.05, 0) is 17.7 Å². The van der Waals surface area contributed by atoms with Crippen molar-refractivity contribution >= 4 is 27.6 Å². The summed E-state index contributed by atoms with van der Waals surface area (Å²) in [6.45, 7) is 0. The average molecular weight is 365 g/mol. The third-order valence-corrected chi connectivity index (χ3v) is 4.65. The molecule has 0 fully saturated rings. The SMILES string of the molecule is COc1ncc(-c2ccc3ncc4c(c3c2)n(C)c(=O)n4C)cc1[N+](=O)[O-].